The van der Waals surface area contributed by atoms with Crippen molar-refractivity contribution in [2.45, 2.75) is 26.2 Å². The van der Waals surface area contributed by atoms with Gasteiger partial charge in [0.15, 0.2) is 0 Å². The summed E-state index contributed by atoms with van der Waals surface area (Å²) in [5.41, 5.74) is 0.745. The van der Waals surface area contributed by atoms with Crippen molar-refractivity contribution in [2.75, 3.05) is 4.90 Å². The zero-order valence-electron chi connectivity index (χ0n) is 15.1. The molecule has 0 spiro atoms. The van der Waals surface area contributed by atoms with Crippen LogP contribution in [0.15, 0.2) is 54.6 Å². The number of fused-ring (bicyclic) bond motifs is 1. The highest BCUT2D eigenvalue weighted by Crippen LogP contribution is 2.42. The molecule has 2 aromatic rings. The van der Waals surface area contributed by atoms with Crippen LogP contribution < -0.4 is 9.64 Å². The summed E-state index contributed by atoms with van der Waals surface area (Å²) < 4.78 is 5.35. The van der Waals surface area contributed by atoms with Gasteiger partial charge in [0, 0.05) is 0 Å². The molecular formula is C22H21NO4. The Hall–Kier alpha value is -2.95. The number of carbonyl (C=O) groups excluding carboxylic acids is 3. The molecule has 5 heteroatoms. The van der Waals surface area contributed by atoms with Crippen LogP contribution in [-0.4, -0.2) is 17.8 Å². The van der Waals surface area contributed by atoms with E-state index in [0.29, 0.717) is 22.9 Å². The summed E-state index contributed by atoms with van der Waals surface area (Å²) in [6.07, 6.45) is 2.47. The van der Waals surface area contributed by atoms with E-state index in [1.54, 1.807) is 48.5 Å². The van der Waals surface area contributed by atoms with Crippen molar-refractivity contribution in [3.63, 3.8) is 0 Å². The molecule has 2 amide bonds. The van der Waals surface area contributed by atoms with E-state index in [1.165, 1.54) is 4.90 Å². The number of nitrogens with zero attached hydrogens (tertiary/aromatic N) is 1. The second-order valence-corrected chi connectivity index (χ2v) is 7.40. The van der Waals surface area contributed by atoms with E-state index in [-0.39, 0.29) is 23.7 Å². The van der Waals surface area contributed by atoms with Crippen LogP contribution in [0.25, 0.3) is 0 Å². The molecule has 3 atom stereocenters. The first-order valence-electron chi connectivity index (χ1n) is 9.29. The van der Waals surface area contributed by atoms with Crippen molar-refractivity contribution < 1.29 is 19.1 Å². The van der Waals surface area contributed by atoms with Gasteiger partial charge in [-0.2, -0.15) is 0 Å². The monoisotopic (exact) mass is 363 g/mol. The van der Waals surface area contributed by atoms with Gasteiger partial charge in [0.05, 0.1) is 23.1 Å². The Kier molecular flexibility index (Phi) is 4.52. The van der Waals surface area contributed by atoms with E-state index < -0.39 is 5.97 Å². The Bertz CT molecular complexity index is 892. The minimum atomic E-state index is -0.520. The number of anilines is 1. The third-order valence-corrected chi connectivity index (χ3v) is 5.48. The van der Waals surface area contributed by atoms with Gasteiger partial charge in [0.1, 0.15) is 5.75 Å². The fourth-order valence-corrected chi connectivity index (χ4v) is 4.07. The van der Waals surface area contributed by atoms with Crippen molar-refractivity contribution >= 4 is 23.5 Å². The lowest BCUT2D eigenvalue weighted by molar-refractivity contribution is -0.122. The highest BCUT2D eigenvalue weighted by molar-refractivity contribution is 6.22. The predicted molar refractivity (Wildman–Crippen MR) is 100 cm³/mol. The van der Waals surface area contributed by atoms with Crippen LogP contribution in [0.5, 0.6) is 5.75 Å². The number of imide groups is 1. The second-order valence-electron chi connectivity index (χ2n) is 7.40. The van der Waals surface area contributed by atoms with Gasteiger partial charge >= 0.3 is 5.97 Å². The SMILES string of the molecule is CC1CCC2C(=O)N(c3cccc(C(=O)Oc4ccccc4)c3)C(=O)C2C1. The van der Waals surface area contributed by atoms with Crippen molar-refractivity contribution in [3.05, 3.63) is 60.2 Å². The van der Waals surface area contributed by atoms with Crippen LogP contribution in [0.1, 0.15) is 36.5 Å². The third kappa shape index (κ3) is 3.25. The standard InChI is InChI=1S/C22H21NO4/c1-14-10-11-18-19(12-14)21(25)23(20(18)24)16-7-5-6-15(13-16)22(26)27-17-8-3-2-4-9-17/h2-9,13-14,18-19H,10-12H2,1H3. The van der Waals surface area contributed by atoms with Crippen LogP contribution in [-0.2, 0) is 9.59 Å². The summed E-state index contributed by atoms with van der Waals surface area (Å²) in [6.45, 7) is 2.12. The molecule has 0 radical (unpaired) electrons. The van der Waals surface area contributed by atoms with Crippen molar-refractivity contribution in [3.8, 4) is 5.75 Å². The van der Waals surface area contributed by atoms with E-state index in [0.717, 1.165) is 19.3 Å². The first-order valence-corrected chi connectivity index (χ1v) is 9.29. The van der Waals surface area contributed by atoms with Gasteiger partial charge in [-0.15, -0.1) is 0 Å². The first-order chi connectivity index (χ1) is 13.0. The molecule has 2 aliphatic rings. The van der Waals surface area contributed by atoms with Crippen LogP contribution in [0.4, 0.5) is 5.69 Å². The average Bonchev–Trinajstić information content (AvgIpc) is 2.92. The van der Waals surface area contributed by atoms with Crippen molar-refractivity contribution in [2.24, 2.45) is 17.8 Å². The van der Waals surface area contributed by atoms with Gasteiger partial charge in [0.25, 0.3) is 0 Å². The molecule has 138 valence electrons. The molecule has 1 saturated heterocycles. The van der Waals surface area contributed by atoms with Gasteiger partial charge in [-0.3, -0.25) is 14.5 Å². The number of amides is 2. The Balaban J connectivity index is 1.58. The highest BCUT2D eigenvalue weighted by atomic mass is 16.5. The Morgan fingerprint density at radius 2 is 1.70 bits per heavy atom. The Labute approximate surface area is 157 Å². The Morgan fingerprint density at radius 3 is 2.48 bits per heavy atom. The molecule has 0 N–H and O–H groups in total. The van der Waals surface area contributed by atoms with Gasteiger partial charge in [-0.1, -0.05) is 31.2 Å². The third-order valence-electron chi connectivity index (χ3n) is 5.48. The summed E-state index contributed by atoms with van der Waals surface area (Å²) in [4.78, 5) is 39.4. The zero-order chi connectivity index (χ0) is 19.0. The molecule has 2 aromatic carbocycles. The number of para-hydroxylation sites is 1. The maximum Gasteiger partial charge on any atom is 0.343 e. The number of hydrogen-bond donors (Lipinski definition) is 0. The lowest BCUT2D eigenvalue weighted by Gasteiger charge is -2.25. The van der Waals surface area contributed by atoms with Crippen molar-refractivity contribution in [1.82, 2.24) is 0 Å². The number of rotatable bonds is 3. The number of carbonyl (C=O) groups is 3. The molecule has 27 heavy (non-hydrogen) atoms. The summed E-state index contributed by atoms with van der Waals surface area (Å²) >= 11 is 0. The minimum absolute atomic E-state index is 0.148. The van der Waals surface area contributed by atoms with Gasteiger partial charge in [0.2, 0.25) is 11.8 Å². The number of ether oxygens (including phenoxy) is 1. The van der Waals surface area contributed by atoms with Crippen LogP contribution in [0, 0.1) is 17.8 Å². The zero-order valence-corrected chi connectivity index (χ0v) is 15.1. The molecule has 1 aliphatic heterocycles. The number of hydrogen-bond acceptors (Lipinski definition) is 4. The molecule has 5 nitrogen and oxygen atoms in total. The Morgan fingerprint density at radius 1 is 0.963 bits per heavy atom. The van der Waals surface area contributed by atoms with E-state index >= 15 is 0 Å². The molecular weight excluding hydrogens is 342 g/mol. The summed E-state index contributed by atoms with van der Waals surface area (Å²) in [6, 6.07) is 15.3. The predicted octanol–water partition coefficient (Wildman–Crippen LogP) is 3.83. The van der Waals surface area contributed by atoms with Crippen LogP contribution in [0.2, 0.25) is 0 Å². The smallest absolute Gasteiger partial charge is 0.343 e. The average molecular weight is 363 g/mol. The molecule has 1 heterocycles. The van der Waals surface area contributed by atoms with Crippen molar-refractivity contribution in [1.29, 1.82) is 0 Å². The molecule has 1 aliphatic carbocycles. The van der Waals surface area contributed by atoms with Crippen LogP contribution >= 0.6 is 0 Å². The lowest BCUT2D eigenvalue weighted by Crippen LogP contribution is -2.31. The van der Waals surface area contributed by atoms with Gasteiger partial charge < -0.3 is 4.74 Å². The molecule has 0 bridgehead atoms. The summed E-state index contributed by atoms with van der Waals surface area (Å²) in [7, 11) is 0. The molecule has 0 aromatic heterocycles. The topological polar surface area (TPSA) is 63.7 Å². The maximum absolute atomic E-state index is 12.9. The highest BCUT2D eigenvalue weighted by Gasteiger charge is 2.50. The normalized spacial score (nSPS) is 24.6. The van der Waals surface area contributed by atoms with E-state index in [9.17, 15) is 14.4 Å². The first kappa shape index (κ1) is 17.5. The van der Waals surface area contributed by atoms with Crippen LogP contribution in [0.3, 0.4) is 0 Å². The van der Waals surface area contributed by atoms with E-state index in [1.807, 2.05) is 6.07 Å². The molecule has 3 unspecified atom stereocenters. The summed E-state index contributed by atoms with van der Waals surface area (Å²) in [5.74, 6) is -0.380. The van der Waals surface area contributed by atoms with Gasteiger partial charge in [-0.25, -0.2) is 4.79 Å². The fourth-order valence-electron chi connectivity index (χ4n) is 4.07. The number of benzene rings is 2. The van der Waals surface area contributed by atoms with E-state index in [4.69, 9.17) is 4.74 Å². The molecule has 1 saturated carbocycles. The summed E-state index contributed by atoms with van der Waals surface area (Å²) in [5, 5.41) is 0. The minimum Gasteiger partial charge on any atom is -0.423 e. The fraction of sp³-hybridized carbons (Fsp3) is 0.318. The maximum atomic E-state index is 12.9. The quantitative estimate of drug-likeness (QED) is 0.472. The lowest BCUT2D eigenvalue weighted by atomic mass is 9.76. The van der Waals surface area contributed by atoms with Gasteiger partial charge in [-0.05, 0) is 55.5 Å². The molecule has 4 rings (SSSR count). The largest absolute Gasteiger partial charge is 0.423 e. The second kappa shape index (κ2) is 6.99. The number of esters is 1. The van der Waals surface area contributed by atoms with E-state index in [2.05, 4.69) is 6.92 Å². The molecule has 2 fully saturated rings.